The fraction of sp³-hybridized carbons (Fsp3) is 0.417. The molecule has 1 aromatic carbocycles. The van der Waals surface area contributed by atoms with Crippen LogP contribution in [-0.2, 0) is 0 Å². The SMILES string of the molecule is COc1ccc(C(C)C)cc1NCC#N. The number of methoxy groups -OCH3 is 1. The van der Waals surface area contributed by atoms with Crippen LogP contribution in [0.1, 0.15) is 25.3 Å². The van der Waals surface area contributed by atoms with Gasteiger partial charge in [-0.05, 0) is 23.6 Å². The molecule has 1 rings (SSSR count). The van der Waals surface area contributed by atoms with E-state index in [0.717, 1.165) is 11.4 Å². The van der Waals surface area contributed by atoms with Crippen LogP contribution in [0.2, 0.25) is 0 Å². The summed E-state index contributed by atoms with van der Waals surface area (Å²) in [5.41, 5.74) is 2.11. The molecule has 0 heterocycles. The van der Waals surface area contributed by atoms with Crippen molar-refractivity contribution in [1.29, 1.82) is 5.26 Å². The van der Waals surface area contributed by atoms with E-state index in [9.17, 15) is 0 Å². The molecule has 0 aliphatic heterocycles. The number of ether oxygens (including phenoxy) is 1. The average Bonchev–Trinajstić information content (AvgIpc) is 2.25. The highest BCUT2D eigenvalue weighted by atomic mass is 16.5. The molecule has 0 radical (unpaired) electrons. The summed E-state index contributed by atoms with van der Waals surface area (Å²) >= 11 is 0. The predicted molar refractivity (Wildman–Crippen MR) is 61.2 cm³/mol. The number of nitrogens with zero attached hydrogens (tertiary/aromatic N) is 1. The van der Waals surface area contributed by atoms with Crippen LogP contribution in [0.15, 0.2) is 18.2 Å². The summed E-state index contributed by atoms with van der Waals surface area (Å²) < 4.78 is 5.21. The van der Waals surface area contributed by atoms with Crippen LogP contribution in [0, 0.1) is 11.3 Å². The number of benzene rings is 1. The Balaban J connectivity index is 2.97. The Morgan fingerprint density at radius 3 is 2.73 bits per heavy atom. The van der Waals surface area contributed by atoms with Crippen molar-refractivity contribution in [3.8, 4) is 11.8 Å². The molecule has 0 bridgehead atoms. The minimum atomic E-state index is 0.290. The number of rotatable bonds is 4. The quantitative estimate of drug-likeness (QED) is 0.767. The third kappa shape index (κ3) is 2.88. The molecule has 0 atom stereocenters. The van der Waals surface area contributed by atoms with Crippen molar-refractivity contribution in [2.75, 3.05) is 19.0 Å². The molecule has 15 heavy (non-hydrogen) atoms. The summed E-state index contributed by atoms with van der Waals surface area (Å²) in [4.78, 5) is 0. The highest BCUT2D eigenvalue weighted by Crippen LogP contribution is 2.28. The van der Waals surface area contributed by atoms with Crippen LogP contribution < -0.4 is 10.1 Å². The van der Waals surface area contributed by atoms with E-state index < -0.39 is 0 Å². The standard InChI is InChI=1S/C12H16N2O/c1-9(2)10-4-5-12(15-3)11(8-10)14-7-6-13/h4-5,8-9,14H,7H2,1-3H3. The molecular weight excluding hydrogens is 188 g/mol. The van der Waals surface area contributed by atoms with Crippen molar-refractivity contribution in [3.63, 3.8) is 0 Å². The fourth-order valence-corrected chi connectivity index (χ4v) is 1.36. The van der Waals surface area contributed by atoms with Crippen molar-refractivity contribution in [3.05, 3.63) is 23.8 Å². The molecule has 3 nitrogen and oxygen atoms in total. The van der Waals surface area contributed by atoms with Crippen LogP contribution >= 0.6 is 0 Å². The second-order valence-electron chi connectivity index (χ2n) is 3.63. The lowest BCUT2D eigenvalue weighted by molar-refractivity contribution is 0.416. The highest BCUT2D eigenvalue weighted by molar-refractivity contribution is 5.58. The van der Waals surface area contributed by atoms with Crippen molar-refractivity contribution in [2.24, 2.45) is 0 Å². The van der Waals surface area contributed by atoms with Gasteiger partial charge in [0.1, 0.15) is 12.3 Å². The number of hydrogen-bond acceptors (Lipinski definition) is 3. The normalized spacial score (nSPS) is 9.80. The maximum Gasteiger partial charge on any atom is 0.141 e. The van der Waals surface area contributed by atoms with Crippen LogP contribution in [-0.4, -0.2) is 13.7 Å². The minimum Gasteiger partial charge on any atom is -0.495 e. The van der Waals surface area contributed by atoms with Gasteiger partial charge in [0.05, 0.1) is 18.9 Å². The summed E-state index contributed by atoms with van der Waals surface area (Å²) in [7, 11) is 1.63. The largest absolute Gasteiger partial charge is 0.495 e. The smallest absolute Gasteiger partial charge is 0.141 e. The van der Waals surface area contributed by atoms with E-state index >= 15 is 0 Å². The molecule has 1 N–H and O–H groups in total. The van der Waals surface area contributed by atoms with Gasteiger partial charge in [-0.3, -0.25) is 0 Å². The van der Waals surface area contributed by atoms with E-state index in [1.807, 2.05) is 24.3 Å². The van der Waals surface area contributed by atoms with E-state index in [1.165, 1.54) is 5.56 Å². The van der Waals surface area contributed by atoms with Gasteiger partial charge in [-0.2, -0.15) is 5.26 Å². The average molecular weight is 204 g/mol. The van der Waals surface area contributed by atoms with Gasteiger partial charge in [0.25, 0.3) is 0 Å². The first-order valence-corrected chi connectivity index (χ1v) is 4.97. The molecule has 0 saturated heterocycles. The third-order valence-electron chi connectivity index (χ3n) is 2.25. The molecule has 80 valence electrons. The van der Waals surface area contributed by atoms with Gasteiger partial charge in [0, 0.05) is 0 Å². The molecule has 0 unspecified atom stereocenters. The summed E-state index contributed by atoms with van der Waals surface area (Å²) in [6.45, 7) is 4.56. The lowest BCUT2D eigenvalue weighted by Gasteiger charge is -2.12. The fourth-order valence-electron chi connectivity index (χ4n) is 1.36. The van der Waals surface area contributed by atoms with E-state index in [2.05, 4.69) is 19.2 Å². The zero-order valence-corrected chi connectivity index (χ0v) is 9.37. The molecule has 0 aliphatic carbocycles. The highest BCUT2D eigenvalue weighted by Gasteiger charge is 2.05. The summed E-state index contributed by atoms with van der Waals surface area (Å²) in [6, 6.07) is 8.05. The number of nitrogens with one attached hydrogen (secondary N) is 1. The van der Waals surface area contributed by atoms with Gasteiger partial charge >= 0.3 is 0 Å². The van der Waals surface area contributed by atoms with E-state index in [0.29, 0.717) is 5.92 Å². The van der Waals surface area contributed by atoms with Crippen LogP contribution in [0.3, 0.4) is 0 Å². The molecule has 0 fully saturated rings. The van der Waals surface area contributed by atoms with Crippen LogP contribution in [0.4, 0.5) is 5.69 Å². The number of hydrogen-bond donors (Lipinski definition) is 1. The molecular formula is C12H16N2O. The summed E-state index contributed by atoms with van der Waals surface area (Å²) in [6.07, 6.45) is 0. The Kier molecular flexibility index (Phi) is 3.99. The monoisotopic (exact) mass is 204 g/mol. The van der Waals surface area contributed by atoms with Gasteiger partial charge < -0.3 is 10.1 Å². The first-order valence-electron chi connectivity index (χ1n) is 4.97. The van der Waals surface area contributed by atoms with Crippen molar-refractivity contribution in [1.82, 2.24) is 0 Å². The van der Waals surface area contributed by atoms with Crippen molar-refractivity contribution >= 4 is 5.69 Å². The Labute approximate surface area is 90.7 Å². The Morgan fingerprint density at radius 1 is 1.47 bits per heavy atom. The van der Waals surface area contributed by atoms with Crippen LogP contribution in [0.5, 0.6) is 5.75 Å². The minimum absolute atomic E-state index is 0.290. The van der Waals surface area contributed by atoms with Gasteiger partial charge in [0.15, 0.2) is 0 Å². The first kappa shape index (κ1) is 11.4. The molecule has 1 aromatic rings. The van der Waals surface area contributed by atoms with Gasteiger partial charge in [-0.25, -0.2) is 0 Å². The molecule has 0 aromatic heterocycles. The topological polar surface area (TPSA) is 45.0 Å². The molecule has 0 aliphatic rings. The predicted octanol–water partition coefficient (Wildman–Crippen LogP) is 2.75. The second-order valence-corrected chi connectivity index (χ2v) is 3.63. The number of nitriles is 1. The lowest BCUT2D eigenvalue weighted by Crippen LogP contribution is -2.02. The van der Waals surface area contributed by atoms with E-state index in [1.54, 1.807) is 7.11 Å². The van der Waals surface area contributed by atoms with Gasteiger partial charge in [0.2, 0.25) is 0 Å². The molecule has 0 saturated carbocycles. The van der Waals surface area contributed by atoms with E-state index in [-0.39, 0.29) is 6.54 Å². The van der Waals surface area contributed by atoms with Gasteiger partial charge in [-0.15, -0.1) is 0 Å². The van der Waals surface area contributed by atoms with Crippen LogP contribution in [0.25, 0.3) is 0 Å². The maximum absolute atomic E-state index is 8.52. The van der Waals surface area contributed by atoms with Crippen molar-refractivity contribution in [2.45, 2.75) is 19.8 Å². The lowest BCUT2D eigenvalue weighted by atomic mass is 10.0. The Hall–Kier alpha value is -1.69. The van der Waals surface area contributed by atoms with E-state index in [4.69, 9.17) is 10.00 Å². The molecule has 0 amide bonds. The summed E-state index contributed by atoms with van der Waals surface area (Å²) in [5.74, 6) is 1.24. The van der Waals surface area contributed by atoms with Gasteiger partial charge in [-0.1, -0.05) is 19.9 Å². The maximum atomic E-state index is 8.52. The third-order valence-corrected chi connectivity index (χ3v) is 2.25. The molecule has 0 spiro atoms. The Bertz CT molecular complexity index is 366. The Morgan fingerprint density at radius 2 is 2.20 bits per heavy atom. The number of anilines is 1. The first-order chi connectivity index (χ1) is 7.19. The zero-order valence-electron chi connectivity index (χ0n) is 9.37. The summed E-state index contributed by atoms with van der Waals surface area (Å²) in [5, 5.41) is 11.5. The molecule has 3 heteroatoms. The zero-order chi connectivity index (χ0) is 11.3. The van der Waals surface area contributed by atoms with Crippen molar-refractivity contribution < 1.29 is 4.74 Å². The second kappa shape index (κ2) is 5.26.